The van der Waals surface area contributed by atoms with Crippen molar-refractivity contribution in [1.82, 2.24) is 10.6 Å². The van der Waals surface area contributed by atoms with E-state index in [4.69, 9.17) is 0 Å². The van der Waals surface area contributed by atoms with Crippen molar-refractivity contribution in [3.8, 4) is 0 Å². The summed E-state index contributed by atoms with van der Waals surface area (Å²) in [5.74, 6) is -46.5. The second-order valence-electron chi connectivity index (χ2n) is 6.06. The number of hydrogen-bond acceptors (Lipinski definition) is 1. The molecule has 0 fully saturated rings. The SMILES string of the molecule is CC(C)NC(=S)NCC(F)(F)C(F)(F)C(F)(F)C(F)(F)C(F)(F)C(F)(F)C(F)(F)F. The highest BCUT2D eigenvalue weighted by Crippen LogP contribution is 2.62. The Balaban J connectivity index is 6.14. The van der Waals surface area contributed by atoms with Gasteiger partial charge in [0.1, 0.15) is 0 Å². The largest absolute Gasteiger partial charge is 0.460 e. The molecule has 0 aliphatic rings. The number of halogens is 15. The monoisotopic (exact) mass is 500 g/mol. The van der Waals surface area contributed by atoms with Crippen LogP contribution >= 0.6 is 12.2 Å². The lowest BCUT2D eigenvalue weighted by atomic mass is 9.91. The van der Waals surface area contributed by atoms with E-state index in [-0.39, 0.29) is 0 Å². The average Bonchev–Trinajstić information content (AvgIpc) is 2.50. The van der Waals surface area contributed by atoms with Gasteiger partial charge in [0, 0.05) is 6.04 Å². The summed E-state index contributed by atoms with van der Waals surface area (Å²) in [5, 5.41) is 2.32. The molecule has 0 saturated carbocycles. The second kappa shape index (κ2) is 7.96. The maximum atomic E-state index is 13.5. The van der Waals surface area contributed by atoms with Gasteiger partial charge < -0.3 is 10.6 Å². The molecule has 30 heavy (non-hydrogen) atoms. The van der Waals surface area contributed by atoms with E-state index in [1.165, 1.54) is 19.2 Å². The third kappa shape index (κ3) is 4.46. The lowest BCUT2D eigenvalue weighted by Gasteiger charge is -2.41. The summed E-state index contributed by atoms with van der Waals surface area (Å²) >= 11 is 4.26. The van der Waals surface area contributed by atoms with Crippen LogP contribution in [0.4, 0.5) is 65.9 Å². The molecule has 0 aromatic heterocycles. The molecule has 0 unspecified atom stereocenters. The first-order valence-electron chi connectivity index (χ1n) is 7.19. The molecular weight excluding hydrogens is 489 g/mol. The minimum atomic E-state index is -8.29. The molecule has 0 spiro atoms. The lowest BCUT2D eigenvalue weighted by molar-refractivity contribution is -0.451. The van der Waals surface area contributed by atoms with Crippen LogP contribution in [0.25, 0.3) is 0 Å². The highest BCUT2D eigenvalue weighted by atomic mass is 32.1. The smallest absolute Gasteiger partial charge is 0.361 e. The molecule has 0 radical (unpaired) electrons. The second-order valence-corrected chi connectivity index (χ2v) is 6.46. The van der Waals surface area contributed by atoms with Gasteiger partial charge >= 0.3 is 41.7 Å². The van der Waals surface area contributed by atoms with Crippen LogP contribution < -0.4 is 10.6 Å². The fraction of sp³-hybridized carbons (Fsp3) is 0.917. The van der Waals surface area contributed by atoms with Gasteiger partial charge in [-0.05, 0) is 26.1 Å². The first-order valence-corrected chi connectivity index (χ1v) is 7.60. The summed E-state index contributed by atoms with van der Waals surface area (Å²) in [7, 11) is 0. The standard InChI is InChI=1S/C12H11F15N2S/c1-4(2)29-5(30)28-3-6(13,14)7(15,16)8(17,18)9(19,20)10(21,22)11(23,24)12(25,26)27/h4H,3H2,1-2H3,(H2,28,29,30). The summed E-state index contributed by atoms with van der Waals surface area (Å²) in [6.07, 6.45) is -7.62. The summed E-state index contributed by atoms with van der Waals surface area (Å²) in [6, 6.07) is -0.645. The predicted molar refractivity (Wildman–Crippen MR) is 74.6 cm³/mol. The third-order valence-corrected chi connectivity index (χ3v) is 3.55. The summed E-state index contributed by atoms with van der Waals surface area (Å²) in [5.41, 5.74) is 0. The molecule has 0 rings (SSSR count). The van der Waals surface area contributed by atoms with E-state index in [1.54, 1.807) is 0 Å². The van der Waals surface area contributed by atoms with Crippen LogP contribution in [0.15, 0.2) is 0 Å². The van der Waals surface area contributed by atoms with Gasteiger partial charge in [-0.1, -0.05) is 0 Å². The van der Waals surface area contributed by atoms with E-state index < -0.39 is 59.4 Å². The molecule has 0 aromatic rings. The minimum absolute atomic E-state index is 0.645. The highest BCUT2D eigenvalue weighted by Gasteiger charge is 2.93. The summed E-state index contributed by atoms with van der Waals surface area (Å²) in [4.78, 5) is 0. The number of nitrogens with one attached hydrogen (secondary N) is 2. The van der Waals surface area contributed by atoms with Crippen LogP contribution in [0.1, 0.15) is 13.8 Å². The highest BCUT2D eigenvalue weighted by molar-refractivity contribution is 7.80. The van der Waals surface area contributed by atoms with Crippen molar-refractivity contribution in [2.45, 2.75) is 61.6 Å². The average molecular weight is 500 g/mol. The molecule has 0 atom stereocenters. The van der Waals surface area contributed by atoms with Crippen LogP contribution in [-0.2, 0) is 0 Å². The van der Waals surface area contributed by atoms with Gasteiger partial charge in [0.2, 0.25) is 0 Å². The number of hydrogen-bond donors (Lipinski definition) is 2. The molecule has 0 aliphatic carbocycles. The van der Waals surface area contributed by atoms with E-state index in [9.17, 15) is 65.9 Å². The first-order chi connectivity index (χ1) is 12.8. The van der Waals surface area contributed by atoms with Crippen molar-refractivity contribution in [3.63, 3.8) is 0 Å². The normalized spacial score (nSPS) is 15.4. The van der Waals surface area contributed by atoms with Gasteiger partial charge in [0.05, 0.1) is 6.54 Å². The van der Waals surface area contributed by atoms with Gasteiger partial charge in [-0.3, -0.25) is 0 Å². The summed E-state index contributed by atoms with van der Waals surface area (Å²) < 4.78 is 194. The van der Waals surface area contributed by atoms with Crippen molar-refractivity contribution in [3.05, 3.63) is 0 Å². The van der Waals surface area contributed by atoms with Crippen molar-refractivity contribution in [1.29, 1.82) is 0 Å². The van der Waals surface area contributed by atoms with Gasteiger partial charge in [0.15, 0.2) is 5.11 Å². The number of alkyl halides is 15. The van der Waals surface area contributed by atoms with Gasteiger partial charge in [-0.2, -0.15) is 65.9 Å². The zero-order valence-corrected chi connectivity index (χ0v) is 15.2. The molecule has 2 N–H and O–H groups in total. The molecule has 0 saturated heterocycles. The molecular formula is C12H11F15N2S. The molecule has 180 valence electrons. The van der Waals surface area contributed by atoms with Crippen LogP contribution in [0.3, 0.4) is 0 Å². The summed E-state index contributed by atoms with van der Waals surface area (Å²) in [6.45, 7) is -0.0673. The maximum absolute atomic E-state index is 13.5. The van der Waals surface area contributed by atoms with E-state index in [0.717, 1.165) is 0 Å². The van der Waals surface area contributed by atoms with Crippen molar-refractivity contribution in [2.24, 2.45) is 0 Å². The first kappa shape index (κ1) is 28.6. The van der Waals surface area contributed by atoms with Gasteiger partial charge in [-0.15, -0.1) is 0 Å². The molecule has 0 aliphatic heterocycles. The molecule has 0 aromatic carbocycles. The van der Waals surface area contributed by atoms with Crippen molar-refractivity contribution >= 4 is 17.3 Å². The molecule has 18 heteroatoms. The van der Waals surface area contributed by atoms with Crippen LogP contribution in [0.2, 0.25) is 0 Å². The van der Waals surface area contributed by atoms with Gasteiger partial charge in [-0.25, -0.2) is 0 Å². The van der Waals surface area contributed by atoms with E-state index in [2.05, 4.69) is 17.5 Å². The van der Waals surface area contributed by atoms with E-state index >= 15 is 0 Å². The molecule has 0 bridgehead atoms. The minimum Gasteiger partial charge on any atom is -0.361 e. The Kier molecular flexibility index (Phi) is 7.60. The van der Waals surface area contributed by atoms with Crippen molar-refractivity contribution in [2.75, 3.05) is 6.54 Å². The lowest BCUT2D eigenvalue weighted by Crippen LogP contribution is -2.73. The van der Waals surface area contributed by atoms with Crippen LogP contribution in [-0.4, -0.2) is 59.4 Å². The van der Waals surface area contributed by atoms with Crippen molar-refractivity contribution < 1.29 is 65.9 Å². The van der Waals surface area contributed by atoms with Crippen LogP contribution in [0, 0.1) is 0 Å². The van der Waals surface area contributed by atoms with E-state index in [0.29, 0.717) is 0 Å². The maximum Gasteiger partial charge on any atom is 0.460 e. The van der Waals surface area contributed by atoms with Crippen LogP contribution in [0.5, 0.6) is 0 Å². The Morgan fingerprint density at radius 2 is 0.967 bits per heavy atom. The number of rotatable bonds is 8. The Hall–Kier alpha value is -1.36. The third-order valence-electron chi connectivity index (χ3n) is 3.28. The molecule has 0 amide bonds. The quantitative estimate of drug-likeness (QED) is 0.353. The predicted octanol–water partition coefficient (Wildman–Crippen LogP) is 5.23. The van der Waals surface area contributed by atoms with E-state index in [1.807, 2.05) is 0 Å². The number of thiocarbonyl (C=S) groups is 1. The zero-order chi connectivity index (χ0) is 24.8. The van der Waals surface area contributed by atoms with Gasteiger partial charge in [0.25, 0.3) is 0 Å². The Morgan fingerprint density at radius 1 is 0.633 bits per heavy atom. The Labute approximate surface area is 163 Å². The Morgan fingerprint density at radius 3 is 1.30 bits per heavy atom. The zero-order valence-electron chi connectivity index (χ0n) is 14.4. The fourth-order valence-corrected chi connectivity index (χ4v) is 1.92. The molecule has 0 heterocycles. The molecule has 2 nitrogen and oxygen atoms in total. The Bertz CT molecular complexity index is 626. The fourth-order valence-electron chi connectivity index (χ4n) is 1.61. The topological polar surface area (TPSA) is 24.1 Å².